The van der Waals surface area contributed by atoms with Gasteiger partial charge in [0, 0.05) is 23.7 Å². The van der Waals surface area contributed by atoms with Crippen molar-refractivity contribution >= 4 is 0 Å². The minimum Gasteiger partial charge on any atom is -0.496 e. The van der Waals surface area contributed by atoms with Crippen molar-refractivity contribution in [3.05, 3.63) is 47.0 Å². The molecule has 0 aliphatic rings. The smallest absolute Gasteiger partial charge is 0.203 e. The summed E-state index contributed by atoms with van der Waals surface area (Å²) in [7, 11) is 6.55. The second-order valence-electron chi connectivity index (χ2n) is 5.84. The highest BCUT2D eigenvalue weighted by Crippen LogP contribution is 2.40. The Balaban J connectivity index is 2.22. The van der Waals surface area contributed by atoms with Crippen molar-refractivity contribution in [2.75, 3.05) is 28.4 Å². The van der Waals surface area contributed by atoms with Gasteiger partial charge in [0.05, 0.1) is 28.4 Å². The van der Waals surface area contributed by atoms with Crippen LogP contribution in [0.5, 0.6) is 23.0 Å². The molecule has 0 aliphatic carbocycles. The molecule has 0 heterocycles. The van der Waals surface area contributed by atoms with E-state index in [9.17, 15) is 0 Å². The van der Waals surface area contributed by atoms with Crippen LogP contribution in [0.4, 0.5) is 0 Å². The average molecular weight is 345 g/mol. The first-order valence-electron chi connectivity index (χ1n) is 8.21. The zero-order chi connectivity index (χ0) is 18.4. The fraction of sp³-hybridized carbons (Fsp3) is 0.400. The van der Waals surface area contributed by atoms with Gasteiger partial charge in [-0.2, -0.15) is 0 Å². The summed E-state index contributed by atoms with van der Waals surface area (Å²) in [5, 5.41) is 3.52. The third-order valence-corrected chi connectivity index (χ3v) is 4.24. The highest BCUT2D eigenvalue weighted by atomic mass is 16.5. The van der Waals surface area contributed by atoms with Crippen LogP contribution < -0.4 is 24.3 Å². The van der Waals surface area contributed by atoms with Crippen LogP contribution in [-0.4, -0.2) is 28.4 Å². The van der Waals surface area contributed by atoms with E-state index in [1.807, 2.05) is 24.3 Å². The Kier molecular flexibility index (Phi) is 6.53. The van der Waals surface area contributed by atoms with Gasteiger partial charge in [0.15, 0.2) is 11.5 Å². The molecule has 0 saturated heterocycles. The summed E-state index contributed by atoms with van der Waals surface area (Å²) in [6.45, 7) is 4.82. The first-order valence-corrected chi connectivity index (χ1v) is 8.21. The summed E-state index contributed by atoms with van der Waals surface area (Å²) in [6, 6.07) is 10.2. The molecule has 2 aromatic carbocycles. The summed E-state index contributed by atoms with van der Waals surface area (Å²) >= 11 is 0. The number of rotatable bonds is 8. The standard InChI is InChI=1S/C20H27NO4/c1-13-7-9-17(22-3)16(11-13)14(2)21-12-15-8-10-18(23-4)20(25-6)19(15)24-5/h7-11,14,21H,12H2,1-6H3. The van der Waals surface area contributed by atoms with Crippen molar-refractivity contribution in [1.82, 2.24) is 5.32 Å². The van der Waals surface area contributed by atoms with E-state index in [4.69, 9.17) is 18.9 Å². The Hall–Kier alpha value is -2.40. The normalized spacial score (nSPS) is 11.8. The fourth-order valence-electron chi connectivity index (χ4n) is 2.87. The minimum absolute atomic E-state index is 0.118. The van der Waals surface area contributed by atoms with Gasteiger partial charge in [-0.1, -0.05) is 23.8 Å². The number of nitrogens with one attached hydrogen (secondary N) is 1. The molecule has 0 aromatic heterocycles. The van der Waals surface area contributed by atoms with E-state index in [0.29, 0.717) is 23.8 Å². The van der Waals surface area contributed by atoms with Gasteiger partial charge in [0.1, 0.15) is 5.75 Å². The van der Waals surface area contributed by atoms with Crippen LogP contribution in [-0.2, 0) is 6.54 Å². The van der Waals surface area contributed by atoms with Crippen LogP contribution in [0, 0.1) is 6.92 Å². The van der Waals surface area contributed by atoms with E-state index in [1.165, 1.54) is 5.56 Å². The lowest BCUT2D eigenvalue weighted by Crippen LogP contribution is -2.19. The van der Waals surface area contributed by atoms with Crippen LogP contribution in [0.25, 0.3) is 0 Å². The maximum atomic E-state index is 5.54. The zero-order valence-electron chi connectivity index (χ0n) is 15.8. The molecule has 1 unspecified atom stereocenters. The van der Waals surface area contributed by atoms with Crippen LogP contribution in [0.15, 0.2) is 30.3 Å². The van der Waals surface area contributed by atoms with E-state index in [1.54, 1.807) is 28.4 Å². The van der Waals surface area contributed by atoms with Crippen LogP contribution in [0.1, 0.15) is 29.7 Å². The molecule has 5 heteroatoms. The third kappa shape index (κ3) is 4.17. The lowest BCUT2D eigenvalue weighted by Gasteiger charge is -2.20. The number of aryl methyl sites for hydroxylation is 1. The SMILES string of the molecule is COc1ccc(C)cc1C(C)NCc1ccc(OC)c(OC)c1OC. The second-order valence-corrected chi connectivity index (χ2v) is 5.84. The highest BCUT2D eigenvalue weighted by Gasteiger charge is 2.17. The van der Waals surface area contributed by atoms with E-state index in [0.717, 1.165) is 16.9 Å². The van der Waals surface area contributed by atoms with E-state index in [-0.39, 0.29) is 6.04 Å². The molecular weight excluding hydrogens is 318 g/mol. The van der Waals surface area contributed by atoms with Crippen LogP contribution >= 0.6 is 0 Å². The Morgan fingerprint density at radius 3 is 2.08 bits per heavy atom. The van der Waals surface area contributed by atoms with E-state index in [2.05, 4.69) is 25.2 Å². The molecule has 2 rings (SSSR count). The number of hydrogen-bond donors (Lipinski definition) is 1. The molecule has 0 aliphatic heterocycles. The molecule has 0 fully saturated rings. The van der Waals surface area contributed by atoms with Crippen molar-refractivity contribution in [2.24, 2.45) is 0 Å². The summed E-state index contributed by atoms with van der Waals surface area (Å²) in [5.41, 5.74) is 3.33. The number of hydrogen-bond acceptors (Lipinski definition) is 5. The van der Waals surface area contributed by atoms with Gasteiger partial charge in [-0.3, -0.25) is 0 Å². The van der Waals surface area contributed by atoms with Gasteiger partial charge in [-0.05, 0) is 26.0 Å². The first-order chi connectivity index (χ1) is 12.0. The second kappa shape index (κ2) is 8.62. The quantitative estimate of drug-likeness (QED) is 0.787. The van der Waals surface area contributed by atoms with Crippen molar-refractivity contribution < 1.29 is 18.9 Å². The molecule has 0 spiro atoms. The molecular formula is C20H27NO4. The summed E-state index contributed by atoms with van der Waals surface area (Å²) in [4.78, 5) is 0. The molecule has 1 atom stereocenters. The topological polar surface area (TPSA) is 49.0 Å². The zero-order valence-corrected chi connectivity index (χ0v) is 15.8. The molecule has 0 bridgehead atoms. The summed E-state index contributed by atoms with van der Waals surface area (Å²) in [6.07, 6.45) is 0. The highest BCUT2D eigenvalue weighted by molar-refractivity contribution is 5.55. The molecule has 0 saturated carbocycles. The Morgan fingerprint density at radius 1 is 0.840 bits per heavy atom. The van der Waals surface area contributed by atoms with Crippen molar-refractivity contribution in [2.45, 2.75) is 26.4 Å². The third-order valence-electron chi connectivity index (χ3n) is 4.24. The van der Waals surface area contributed by atoms with Crippen molar-refractivity contribution in [3.63, 3.8) is 0 Å². The predicted molar refractivity (Wildman–Crippen MR) is 99.1 cm³/mol. The minimum atomic E-state index is 0.118. The lowest BCUT2D eigenvalue weighted by atomic mass is 10.0. The fourth-order valence-corrected chi connectivity index (χ4v) is 2.87. The van der Waals surface area contributed by atoms with E-state index >= 15 is 0 Å². The van der Waals surface area contributed by atoms with Gasteiger partial charge in [0.25, 0.3) is 0 Å². The molecule has 0 radical (unpaired) electrons. The van der Waals surface area contributed by atoms with Crippen molar-refractivity contribution in [1.29, 1.82) is 0 Å². The maximum Gasteiger partial charge on any atom is 0.203 e. The largest absolute Gasteiger partial charge is 0.496 e. The molecule has 25 heavy (non-hydrogen) atoms. The predicted octanol–water partition coefficient (Wildman–Crippen LogP) is 3.88. The van der Waals surface area contributed by atoms with Crippen LogP contribution in [0.2, 0.25) is 0 Å². The average Bonchev–Trinajstić information content (AvgIpc) is 2.64. The van der Waals surface area contributed by atoms with Gasteiger partial charge in [0.2, 0.25) is 5.75 Å². The Bertz CT molecular complexity index is 715. The monoisotopic (exact) mass is 345 g/mol. The lowest BCUT2D eigenvalue weighted by molar-refractivity contribution is 0.321. The van der Waals surface area contributed by atoms with Gasteiger partial charge < -0.3 is 24.3 Å². The summed E-state index contributed by atoms with van der Waals surface area (Å²) in [5.74, 6) is 2.81. The van der Waals surface area contributed by atoms with Gasteiger partial charge in [-0.15, -0.1) is 0 Å². The summed E-state index contributed by atoms with van der Waals surface area (Å²) < 4.78 is 21.8. The first kappa shape index (κ1) is 18.9. The maximum absolute atomic E-state index is 5.54. The Labute approximate surface area is 149 Å². The van der Waals surface area contributed by atoms with Gasteiger partial charge in [-0.25, -0.2) is 0 Å². The Morgan fingerprint density at radius 2 is 1.48 bits per heavy atom. The number of benzene rings is 2. The van der Waals surface area contributed by atoms with Gasteiger partial charge >= 0.3 is 0 Å². The molecule has 2 aromatic rings. The van der Waals surface area contributed by atoms with Crippen molar-refractivity contribution in [3.8, 4) is 23.0 Å². The van der Waals surface area contributed by atoms with E-state index < -0.39 is 0 Å². The molecule has 1 N–H and O–H groups in total. The number of ether oxygens (including phenoxy) is 4. The number of methoxy groups -OCH3 is 4. The van der Waals surface area contributed by atoms with Crippen LogP contribution in [0.3, 0.4) is 0 Å². The molecule has 0 amide bonds. The molecule has 5 nitrogen and oxygen atoms in total. The molecule has 136 valence electrons.